The van der Waals surface area contributed by atoms with Crippen LogP contribution in [0.3, 0.4) is 0 Å². The number of thioether (sulfide) groups is 1. The number of aromatic nitrogens is 3. The first-order valence-electron chi connectivity index (χ1n) is 9.27. The van der Waals surface area contributed by atoms with Gasteiger partial charge in [-0.2, -0.15) is 0 Å². The van der Waals surface area contributed by atoms with Crippen LogP contribution in [0.25, 0.3) is 11.5 Å². The van der Waals surface area contributed by atoms with E-state index < -0.39 is 0 Å². The molecule has 7 heteroatoms. The van der Waals surface area contributed by atoms with Crippen LogP contribution in [0.5, 0.6) is 0 Å². The molecule has 0 spiro atoms. The third-order valence-electron chi connectivity index (χ3n) is 4.80. The first kappa shape index (κ1) is 19.3. The first-order valence-corrected chi connectivity index (χ1v) is 10.3. The summed E-state index contributed by atoms with van der Waals surface area (Å²) in [5.74, 6) is 1.58. The van der Waals surface area contributed by atoms with Gasteiger partial charge in [-0.3, -0.25) is 4.79 Å². The first-order chi connectivity index (χ1) is 14.0. The van der Waals surface area contributed by atoms with Crippen LogP contribution >= 0.6 is 11.8 Å². The van der Waals surface area contributed by atoms with Gasteiger partial charge >= 0.3 is 0 Å². The van der Waals surface area contributed by atoms with Gasteiger partial charge in [0.25, 0.3) is 5.22 Å². The fourth-order valence-electron chi connectivity index (χ4n) is 3.17. The van der Waals surface area contributed by atoms with Gasteiger partial charge in [-0.25, -0.2) is 0 Å². The second kappa shape index (κ2) is 8.13. The van der Waals surface area contributed by atoms with Crippen LogP contribution in [-0.2, 0) is 6.54 Å². The highest BCUT2D eigenvalue weighted by Crippen LogP contribution is 2.25. The number of carbonyl (C=O) groups is 1. The van der Waals surface area contributed by atoms with Gasteiger partial charge in [0.15, 0.2) is 5.78 Å². The Hall–Kier alpha value is -3.06. The summed E-state index contributed by atoms with van der Waals surface area (Å²) in [5.41, 5.74) is 4.68. The van der Waals surface area contributed by atoms with Crippen molar-refractivity contribution in [2.75, 3.05) is 5.75 Å². The zero-order valence-corrected chi connectivity index (χ0v) is 17.3. The number of furan rings is 1. The number of hydrogen-bond donors (Lipinski definition) is 0. The largest absolute Gasteiger partial charge is 0.467 e. The molecule has 0 saturated carbocycles. The summed E-state index contributed by atoms with van der Waals surface area (Å²) in [7, 11) is 0. The number of aryl methyl sites for hydroxylation is 2. The third-order valence-corrected chi connectivity index (χ3v) is 5.62. The third kappa shape index (κ3) is 4.19. The molecule has 0 fully saturated rings. The Morgan fingerprint density at radius 3 is 2.62 bits per heavy atom. The van der Waals surface area contributed by atoms with Crippen LogP contribution in [0, 0.1) is 20.8 Å². The molecule has 29 heavy (non-hydrogen) atoms. The number of carbonyl (C=O) groups excluding carboxylic acids is 1. The molecule has 0 aliphatic carbocycles. The smallest absolute Gasteiger partial charge is 0.277 e. The van der Waals surface area contributed by atoms with Crippen LogP contribution in [0.15, 0.2) is 62.8 Å². The van der Waals surface area contributed by atoms with Gasteiger partial charge in [-0.05, 0) is 51.1 Å². The van der Waals surface area contributed by atoms with Gasteiger partial charge in [0.2, 0.25) is 5.89 Å². The zero-order chi connectivity index (χ0) is 20.4. The molecule has 0 saturated heterocycles. The minimum atomic E-state index is 0.0314. The van der Waals surface area contributed by atoms with Crippen molar-refractivity contribution < 1.29 is 13.6 Å². The minimum absolute atomic E-state index is 0.0314. The molecule has 0 aliphatic rings. The van der Waals surface area contributed by atoms with Gasteiger partial charge in [-0.15, -0.1) is 10.2 Å². The lowest BCUT2D eigenvalue weighted by Crippen LogP contribution is -2.07. The molecule has 3 aromatic heterocycles. The van der Waals surface area contributed by atoms with Gasteiger partial charge in [0.05, 0.1) is 18.6 Å². The van der Waals surface area contributed by atoms with E-state index in [1.807, 2.05) is 63.2 Å². The lowest BCUT2D eigenvalue weighted by atomic mass is 10.1. The molecular weight excluding hydrogens is 386 g/mol. The molecule has 4 aromatic rings. The Bertz CT molecular complexity index is 1120. The summed E-state index contributed by atoms with van der Waals surface area (Å²) in [6, 6.07) is 13.6. The van der Waals surface area contributed by atoms with Crippen molar-refractivity contribution in [3.63, 3.8) is 0 Å². The summed E-state index contributed by atoms with van der Waals surface area (Å²) >= 11 is 1.25. The molecule has 0 amide bonds. The Kier molecular flexibility index (Phi) is 5.40. The van der Waals surface area contributed by atoms with Gasteiger partial charge in [-0.1, -0.05) is 29.5 Å². The van der Waals surface area contributed by atoms with E-state index in [1.54, 1.807) is 6.26 Å². The van der Waals surface area contributed by atoms with Crippen molar-refractivity contribution in [1.29, 1.82) is 0 Å². The van der Waals surface area contributed by atoms with Crippen LogP contribution < -0.4 is 0 Å². The number of ketones is 1. The van der Waals surface area contributed by atoms with E-state index in [0.717, 1.165) is 28.3 Å². The minimum Gasteiger partial charge on any atom is -0.467 e. The fraction of sp³-hybridized carbons (Fsp3) is 0.227. The van der Waals surface area contributed by atoms with E-state index >= 15 is 0 Å². The highest BCUT2D eigenvalue weighted by atomic mass is 32.2. The van der Waals surface area contributed by atoms with E-state index in [9.17, 15) is 4.79 Å². The molecular formula is C22H21N3O3S. The summed E-state index contributed by atoms with van der Waals surface area (Å²) in [4.78, 5) is 12.8. The maximum Gasteiger partial charge on any atom is 0.277 e. The Labute approximate surface area is 172 Å². The average Bonchev–Trinajstić information content (AvgIpc) is 3.45. The molecule has 4 rings (SSSR count). The molecule has 0 atom stereocenters. The zero-order valence-electron chi connectivity index (χ0n) is 16.5. The summed E-state index contributed by atoms with van der Waals surface area (Å²) in [6.45, 7) is 6.58. The van der Waals surface area contributed by atoms with Crippen molar-refractivity contribution in [2.45, 2.75) is 32.5 Å². The quantitative estimate of drug-likeness (QED) is 0.314. The van der Waals surface area contributed by atoms with Gasteiger partial charge in [0.1, 0.15) is 5.76 Å². The van der Waals surface area contributed by atoms with Crippen molar-refractivity contribution in [1.82, 2.24) is 14.8 Å². The summed E-state index contributed by atoms with van der Waals surface area (Å²) < 4.78 is 13.2. The van der Waals surface area contributed by atoms with Crippen LogP contribution in [0.1, 0.15) is 33.1 Å². The fourth-order valence-corrected chi connectivity index (χ4v) is 3.82. The lowest BCUT2D eigenvalue weighted by Gasteiger charge is -2.07. The van der Waals surface area contributed by atoms with E-state index in [0.29, 0.717) is 23.2 Å². The molecule has 1 aromatic carbocycles. The standard InChI is InChI=1S/C22H21N3O3S/c1-14-6-8-17(9-7-14)21-23-24-22(28-21)29-13-20(26)19-11-15(2)25(16(19)3)12-18-5-4-10-27-18/h4-11H,12-13H2,1-3H3. The Morgan fingerprint density at radius 1 is 1.10 bits per heavy atom. The maximum atomic E-state index is 12.8. The van der Waals surface area contributed by atoms with Gasteiger partial charge < -0.3 is 13.4 Å². The SMILES string of the molecule is Cc1ccc(-c2nnc(SCC(=O)c3cc(C)n(Cc4ccco4)c3C)o2)cc1. The van der Waals surface area contributed by atoms with E-state index in [1.165, 1.54) is 11.8 Å². The Balaban J connectivity index is 1.43. The number of hydrogen-bond acceptors (Lipinski definition) is 6. The second-order valence-corrected chi connectivity index (χ2v) is 7.83. The highest BCUT2D eigenvalue weighted by Gasteiger charge is 2.18. The lowest BCUT2D eigenvalue weighted by molar-refractivity contribution is 0.102. The van der Waals surface area contributed by atoms with Crippen molar-refractivity contribution in [3.05, 3.63) is 77.0 Å². The summed E-state index contributed by atoms with van der Waals surface area (Å²) in [6.07, 6.45) is 1.65. The van der Waals surface area contributed by atoms with Crippen molar-refractivity contribution in [3.8, 4) is 11.5 Å². The topological polar surface area (TPSA) is 74.1 Å². The molecule has 0 bridgehead atoms. The molecule has 0 radical (unpaired) electrons. The van der Waals surface area contributed by atoms with E-state index in [4.69, 9.17) is 8.83 Å². The second-order valence-electron chi connectivity index (χ2n) is 6.90. The van der Waals surface area contributed by atoms with E-state index in [2.05, 4.69) is 14.8 Å². The summed E-state index contributed by atoms with van der Waals surface area (Å²) in [5, 5.41) is 8.52. The molecule has 0 aliphatic heterocycles. The number of nitrogens with zero attached hydrogens (tertiary/aromatic N) is 3. The Morgan fingerprint density at radius 2 is 1.90 bits per heavy atom. The average molecular weight is 407 g/mol. The predicted molar refractivity (Wildman–Crippen MR) is 111 cm³/mol. The number of benzene rings is 1. The highest BCUT2D eigenvalue weighted by molar-refractivity contribution is 7.99. The van der Waals surface area contributed by atoms with Crippen LogP contribution in [0.2, 0.25) is 0 Å². The molecule has 6 nitrogen and oxygen atoms in total. The van der Waals surface area contributed by atoms with Crippen molar-refractivity contribution >= 4 is 17.5 Å². The molecule has 0 N–H and O–H groups in total. The number of Topliss-reactive ketones (excluding diaryl/α,β-unsaturated/α-hetero) is 1. The van der Waals surface area contributed by atoms with Crippen LogP contribution in [-0.4, -0.2) is 26.3 Å². The van der Waals surface area contributed by atoms with E-state index in [-0.39, 0.29) is 11.5 Å². The van der Waals surface area contributed by atoms with Crippen LogP contribution in [0.4, 0.5) is 0 Å². The molecule has 3 heterocycles. The van der Waals surface area contributed by atoms with Crippen molar-refractivity contribution in [2.24, 2.45) is 0 Å². The van der Waals surface area contributed by atoms with Gasteiger partial charge in [0, 0.05) is 22.5 Å². The number of rotatable bonds is 7. The predicted octanol–water partition coefficient (Wildman–Crippen LogP) is 5.08. The molecule has 148 valence electrons. The molecule has 0 unspecified atom stereocenters. The normalized spacial score (nSPS) is 11.1. The maximum absolute atomic E-state index is 12.8. The monoisotopic (exact) mass is 407 g/mol.